The van der Waals surface area contributed by atoms with Gasteiger partial charge in [-0.25, -0.2) is 4.98 Å². The van der Waals surface area contributed by atoms with Crippen molar-refractivity contribution in [1.82, 2.24) is 0 Å². The zero-order chi connectivity index (χ0) is 17.6. The summed E-state index contributed by atoms with van der Waals surface area (Å²) in [5.41, 5.74) is 0.239. The van der Waals surface area contributed by atoms with Crippen LogP contribution in [0.4, 0.5) is 0 Å². The van der Waals surface area contributed by atoms with Crippen LogP contribution in [0, 0.1) is 0 Å². The van der Waals surface area contributed by atoms with Crippen LogP contribution in [0.25, 0.3) is 0 Å². The number of aromatic amines is 1. The van der Waals surface area contributed by atoms with Crippen molar-refractivity contribution in [3.63, 3.8) is 0 Å². The van der Waals surface area contributed by atoms with Gasteiger partial charge in [-0.2, -0.15) is 0 Å². The summed E-state index contributed by atoms with van der Waals surface area (Å²) in [6.07, 6.45) is 3.75. The first-order valence-electron chi connectivity index (χ1n) is 6.45. The van der Waals surface area contributed by atoms with Crippen molar-refractivity contribution in [2.75, 3.05) is 6.61 Å². The number of hydrogen-bond acceptors (Lipinski definition) is 2. The van der Waals surface area contributed by atoms with Crippen LogP contribution in [-0.2, 0) is 4.74 Å². The average molecular weight is 528 g/mol. The van der Waals surface area contributed by atoms with Gasteiger partial charge in [0.25, 0.3) is 0 Å². The number of benzene rings is 1. The number of hydrogen-bond donors (Lipinski definition) is 0. The van der Waals surface area contributed by atoms with Gasteiger partial charge in [0.05, 0.1) is 0 Å². The van der Waals surface area contributed by atoms with Gasteiger partial charge in [-0.1, -0.05) is 6.07 Å². The fourth-order valence-corrected chi connectivity index (χ4v) is 7.12. The molecular weight excluding hydrogens is 513 g/mol. The Bertz CT molecular complexity index is 635. The largest absolute Gasteiger partial charge is 0.218 e. The molecule has 0 amide bonds. The van der Waals surface area contributed by atoms with Crippen LogP contribution in [0.5, 0.6) is 0 Å². The summed E-state index contributed by atoms with van der Waals surface area (Å²) >= 11 is 0. The molecule has 0 unspecified atom stereocenters. The van der Waals surface area contributed by atoms with Crippen molar-refractivity contribution >= 4 is 63.9 Å². The number of aromatic nitrogens is 1. The van der Waals surface area contributed by atoms with Crippen LogP contribution in [-0.4, -0.2) is 22.9 Å². The molecule has 2 rings (SSSR count). The van der Waals surface area contributed by atoms with E-state index in [4.69, 9.17) is 48.9 Å². The number of H-pyrrole nitrogens is 1. The molecule has 1 aromatic carbocycles. The number of halogens is 5. The first kappa shape index (κ1) is 21.2. The number of pyridine rings is 1. The van der Waals surface area contributed by atoms with E-state index >= 15 is 0 Å². The van der Waals surface area contributed by atoms with Gasteiger partial charge in [0.15, 0.2) is 12.4 Å². The Hall–Kier alpha value is 0.108. The van der Waals surface area contributed by atoms with Crippen molar-refractivity contribution in [1.29, 1.82) is 0 Å². The summed E-state index contributed by atoms with van der Waals surface area (Å²) in [4.78, 5) is 14.4. The molecule has 1 N–H and O–H groups in total. The molecule has 0 bridgehead atoms. The molecule has 1 aromatic heterocycles. The third kappa shape index (κ3) is 8.16. The number of nitrogens with one attached hydrogen (secondary N) is 1. The zero-order valence-corrected chi connectivity index (χ0v) is 18.4. The van der Waals surface area contributed by atoms with Gasteiger partial charge < -0.3 is 0 Å². The Morgan fingerprint density at radius 2 is 1.65 bits per heavy atom. The fraction of sp³-hybridized carbons (Fsp3) is 0.143. The van der Waals surface area contributed by atoms with E-state index in [9.17, 15) is 4.79 Å². The van der Waals surface area contributed by atoms with Gasteiger partial charge in [0.2, 0.25) is 0 Å². The van der Waals surface area contributed by atoms with Gasteiger partial charge in [-0.05, 0) is 0 Å². The third-order valence-electron chi connectivity index (χ3n) is 2.45. The smallest absolute Gasteiger partial charge is 0.166 e. The third-order valence-corrected chi connectivity index (χ3v) is 12.6. The van der Waals surface area contributed by atoms with Crippen molar-refractivity contribution in [3.8, 4) is 0 Å². The monoisotopic (exact) mass is 525 g/mol. The molecule has 9 heteroatoms. The molecule has 3 nitrogen and oxygen atoms in total. The predicted molar refractivity (Wildman–Crippen MR) is 100 cm³/mol. The van der Waals surface area contributed by atoms with Gasteiger partial charge in [-0.3, -0.25) is 0 Å². The summed E-state index contributed by atoms with van der Waals surface area (Å²) in [7, 11) is 23.8. The minimum Gasteiger partial charge on any atom is -0.218 e. The predicted octanol–water partition coefficient (Wildman–Crippen LogP) is 4.61. The van der Waals surface area contributed by atoms with Crippen molar-refractivity contribution < 1.29 is 14.5 Å². The molecule has 1 heterocycles. The molecule has 0 fully saturated rings. The van der Waals surface area contributed by atoms with E-state index < -0.39 is 16.3 Å². The first-order valence-corrected chi connectivity index (χ1v) is 23.9. The number of esters is 1. The molecular formula is C14H15Cl5NO2Sb. The first-order chi connectivity index (χ1) is 10.4. The molecule has 0 aliphatic rings. The fourth-order valence-electron chi connectivity index (χ4n) is 1.45. The quantitative estimate of drug-likeness (QED) is 0.432. The Morgan fingerprint density at radius 1 is 1.04 bits per heavy atom. The number of carbonyl (C=O) groups excluding carboxylic acids is 1. The molecule has 0 saturated carbocycles. The van der Waals surface area contributed by atoms with E-state index in [-0.39, 0.29) is 15.7 Å². The summed E-state index contributed by atoms with van der Waals surface area (Å²) in [5.74, 6) is -0.520. The Balaban J connectivity index is 0.000000366. The molecule has 0 saturated heterocycles. The van der Waals surface area contributed by atoms with Crippen LogP contribution >= 0.6 is 44.1 Å². The van der Waals surface area contributed by atoms with Crippen LogP contribution in [0.1, 0.15) is 17.3 Å². The van der Waals surface area contributed by atoms with E-state index in [2.05, 4.69) is 4.98 Å². The van der Waals surface area contributed by atoms with Crippen molar-refractivity contribution in [3.05, 3.63) is 60.4 Å². The number of ether oxygens (including phenoxy) is 1. The summed E-state index contributed by atoms with van der Waals surface area (Å²) in [5, 5.41) is 0. The second kappa shape index (κ2) is 7.56. The average Bonchev–Trinajstić information content (AvgIpc) is 2.48. The maximum atomic E-state index is 11.5. The molecule has 128 valence electrons. The Labute approximate surface area is 151 Å². The molecule has 23 heavy (non-hydrogen) atoms. The molecule has 0 aliphatic heterocycles. The van der Waals surface area contributed by atoms with Gasteiger partial charge in [0, 0.05) is 12.1 Å². The van der Waals surface area contributed by atoms with E-state index in [1.54, 1.807) is 6.92 Å². The van der Waals surface area contributed by atoms with Crippen LogP contribution < -0.4 is 8.49 Å². The van der Waals surface area contributed by atoms with Crippen molar-refractivity contribution in [2.45, 2.75) is 6.92 Å². The second-order valence-corrected chi connectivity index (χ2v) is 51.9. The molecule has 0 atom stereocenters. The second-order valence-electron chi connectivity index (χ2n) is 4.41. The van der Waals surface area contributed by atoms with E-state index in [1.165, 1.54) is 24.3 Å². The number of carbonyl (C=O) groups is 1. The molecule has 0 radical (unpaired) electrons. The van der Waals surface area contributed by atoms with E-state index in [1.807, 2.05) is 30.6 Å². The minimum atomic E-state index is -5.82. The SMILES string of the molecule is CCOC(=O)c1ccc[c]([Sb-]([Cl])([Cl])([Cl])([Cl])[Cl])c1.c1cc[nH+]cc1. The normalized spacial score (nSPS) is 13.8. The molecule has 0 aliphatic carbocycles. The van der Waals surface area contributed by atoms with E-state index in [0.717, 1.165) is 0 Å². The summed E-state index contributed by atoms with van der Waals surface area (Å²) in [6.45, 7) is 1.95. The number of rotatable bonds is 3. The van der Waals surface area contributed by atoms with Gasteiger partial charge >= 0.3 is 117 Å². The standard InChI is InChI=1S/C9H9O2.C5H5N.5ClH.Sb/c1-2-11-9(10)8-6-4-3-5-7-8;1-2-4-6-5-3-1;;;;;;/h3-4,6-7H,2H2,1H3;1-5H;5*1H;/q;;;;;;;+4/p-4. The van der Waals surface area contributed by atoms with Crippen LogP contribution in [0.3, 0.4) is 0 Å². The summed E-state index contributed by atoms with van der Waals surface area (Å²) < 4.78 is 4.97. The topological polar surface area (TPSA) is 40.4 Å². The summed E-state index contributed by atoms with van der Waals surface area (Å²) in [6, 6.07) is 11.7. The van der Waals surface area contributed by atoms with Crippen LogP contribution in [0.15, 0.2) is 54.9 Å². The maximum Gasteiger partial charge on any atom is 0.166 e. The zero-order valence-electron chi connectivity index (χ0n) is 12.1. The van der Waals surface area contributed by atoms with Crippen molar-refractivity contribution in [2.24, 2.45) is 0 Å². The minimum absolute atomic E-state index is 0.137. The Kier molecular flexibility index (Phi) is 6.95. The van der Waals surface area contributed by atoms with Gasteiger partial charge in [0.1, 0.15) is 0 Å². The van der Waals surface area contributed by atoms with Gasteiger partial charge in [-0.15, -0.1) is 0 Å². The maximum absolute atomic E-state index is 11.5. The van der Waals surface area contributed by atoms with Crippen LogP contribution in [0.2, 0.25) is 0 Å². The molecule has 2 aromatic rings. The molecule has 0 spiro atoms. The van der Waals surface area contributed by atoms with E-state index in [0.29, 0.717) is 0 Å². The Morgan fingerprint density at radius 3 is 2.04 bits per heavy atom.